The molecular formula is C81H133N23O9. The van der Waals surface area contributed by atoms with Crippen LogP contribution in [0.25, 0.3) is 0 Å². The van der Waals surface area contributed by atoms with Crippen LogP contribution in [0.5, 0.6) is 5.88 Å². The van der Waals surface area contributed by atoms with Gasteiger partial charge in [-0.2, -0.15) is 0 Å². The third kappa shape index (κ3) is 46.0. The second kappa shape index (κ2) is 53.3. The van der Waals surface area contributed by atoms with Crippen molar-refractivity contribution in [2.45, 2.75) is 239 Å². The number of rotatable bonds is 32. The van der Waals surface area contributed by atoms with Crippen molar-refractivity contribution in [1.82, 2.24) is 86.1 Å². The van der Waals surface area contributed by atoms with Crippen molar-refractivity contribution in [2.75, 3.05) is 92.1 Å². The average molecular weight is 1570 g/mol. The quantitative estimate of drug-likeness (QED) is 0.0175. The molecule has 0 saturated heterocycles. The molecule has 0 aliphatic rings. The smallest absolute Gasteiger partial charge is 0.407 e. The van der Waals surface area contributed by atoms with E-state index in [-0.39, 0.29) is 35.7 Å². The number of nitrogens with zero attached hydrogens (tertiary/aromatic N) is 13. The van der Waals surface area contributed by atoms with Crippen LogP contribution in [0.4, 0.5) is 60.6 Å². The number of amides is 4. The first-order chi connectivity index (χ1) is 53.2. The maximum absolute atomic E-state index is 11.7. The summed E-state index contributed by atoms with van der Waals surface area (Å²) in [7, 11) is 2.92. The Morgan fingerprint density at radius 2 is 0.646 bits per heavy atom. The second-order valence-corrected chi connectivity index (χ2v) is 31.0. The van der Waals surface area contributed by atoms with Crippen molar-refractivity contribution in [3.05, 3.63) is 126 Å². The van der Waals surface area contributed by atoms with E-state index >= 15 is 0 Å². The van der Waals surface area contributed by atoms with Crippen LogP contribution in [0.15, 0.2) is 91.9 Å². The lowest BCUT2D eigenvalue weighted by molar-refractivity contribution is 0.104. The number of hydrogen-bond donors (Lipinski definition) is 10. The number of methoxy groups -OCH3 is 2. The van der Waals surface area contributed by atoms with E-state index in [1.54, 1.807) is 50.4 Å². The molecule has 4 atom stereocenters. The zero-order chi connectivity index (χ0) is 84.8. The van der Waals surface area contributed by atoms with Gasteiger partial charge >= 0.3 is 24.4 Å². The summed E-state index contributed by atoms with van der Waals surface area (Å²) in [6.07, 6.45) is 10.4. The van der Waals surface area contributed by atoms with Gasteiger partial charge in [0.2, 0.25) is 41.6 Å². The highest BCUT2D eigenvalue weighted by Gasteiger charge is 2.18. The van der Waals surface area contributed by atoms with E-state index in [4.69, 9.17) is 18.9 Å². The van der Waals surface area contributed by atoms with E-state index in [9.17, 15) is 19.2 Å². The number of pyridine rings is 1. The van der Waals surface area contributed by atoms with Gasteiger partial charge in [0.05, 0.1) is 33.5 Å². The minimum absolute atomic E-state index is 0.0377. The average Bonchev–Trinajstić information content (AvgIpc) is 0.869. The van der Waals surface area contributed by atoms with Crippen LogP contribution in [0.1, 0.15) is 243 Å². The monoisotopic (exact) mass is 1570 g/mol. The van der Waals surface area contributed by atoms with Crippen LogP contribution in [-0.4, -0.2) is 180 Å². The first-order valence-corrected chi connectivity index (χ1v) is 38.9. The fourth-order valence-electron chi connectivity index (χ4n) is 8.58. The molecule has 0 bridgehead atoms. The molecule has 7 aromatic heterocycles. The summed E-state index contributed by atoms with van der Waals surface area (Å²) >= 11 is 0. The molecule has 32 nitrogen and oxygen atoms in total. The van der Waals surface area contributed by atoms with Crippen molar-refractivity contribution in [1.29, 1.82) is 0 Å². The van der Waals surface area contributed by atoms with Crippen LogP contribution in [0.2, 0.25) is 0 Å². The number of hydrogen-bond acceptors (Lipinski definition) is 28. The van der Waals surface area contributed by atoms with Crippen molar-refractivity contribution in [2.24, 2.45) is 17.3 Å². The lowest BCUT2D eigenvalue weighted by atomic mass is 9.99. The number of carbonyl (C=O) groups is 4. The molecule has 7 rings (SSSR count). The molecule has 4 amide bonds. The Balaban J connectivity index is 0.000000462. The van der Waals surface area contributed by atoms with E-state index in [0.29, 0.717) is 122 Å². The molecule has 0 aromatic carbocycles. The number of aromatic nitrogens is 13. The van der Waals surface area contributed by atoms with Crippen LogP contribution in [0, 0.1) is 17.3 Å². The van der Waals surface area contributed by atoms with Crippen LogP contribution in [0.3, 0.4) is 0 Å². The van der Waals surface area contributed by atoms with Crippen molar-refractivity contribution in [3.63, 3.8) is 0 Å². The van der Waals surface area contributed by atoms with E-state index in [1.165, 1.54) is 7.11 Å². The second-order valence-electron chi connectivity index (χ2n) is 31.0. The standard InChI is InChI=1S/C16H28N4O2.C15H26N4O2.C14H24N4O2.C13H16N4O.C12H20N4O2.C11H19N3/c1-11(2)13-7-8-17-14(20-13)18-9-12(3)19-15(21)22-10-16(4,5)6;1-10(2)9-21-15(20)18-12(5)8-17-14-16-7-6-13(19-14)11(3)4;1-9(2)12-6-7-15-13(18-12)16-8-11(5)17-14(19)20-10(3)4;1-9(2)11-5-7-15-13(17-11)16-10-4-6-14-12(8-10)18-3;1-8(2)10-5-6-13-11(16-10)14-7-9(3)15-12(17)18-4;1-8(2)7-13-11-12-6-5-10(14-11)9(3)4/h7-8,11-12H,9-10H2,1-6H3,(H,19,21)(H,17,18,20);6-7,10-12H,8-9H2,1-5H3,(H,18,20)(H,16,17,19);6-7,9-11H,8H2,1-5H3,(H,17,19)(H,15,16,18);4-9H,1-3H3,(H,14,15,16,17);5-6,8-9H,7H2,1-4H3,(H,15,17)(H,13,14,16);5-6,8-9H,7H2,1-4H3,(H,12,13,14)/t2*12-;11-;;9-;/m111.1./s1. The highest BCUT2D eigenvalue weighted by atomic mass is 16.6. The number of carbonyl (C=O) groups excluding carboxylic acids is 4. The Kier molecular flexibility index (Phi) is 46.4. The Bertz CT molecular complexity index is 3820. The van der Waals surface area contributed by atoms with Gasteiger partial charge in [-0.1, -0.05) is 132 Å². The summed E-state index contributed by atoms with van der Waals surface area (Å²) < 4.78 is 24.8. The Hall–Kier alpha value is -10.7. The van der Waals surface area contributed by atoms with Gasteiger partial charge in [-0.3, -0.25) is 0 Å². The lowest BCUT2D eigenvalue weighted by Crippen LogP contribution is -2.39. The van der Waals surface area contributed by atoms with E-state index in [2.05, 4.69) is 220 Å². The van der Waals surface area contributed by atoms with Crippen LogP contribution in [-0.2, 0) is 18.9 Å². The predicted octanol–water partition coefficient (Wildman–Crippen LogP) is 15.7. The third-order valence-corrected chi connectivity index (χ3v) is 14.9. The minimum atomic E-state index is -0.443. The van der Waals surface area contributed by atoms with Crippen LogP contribution < -0.4 is 57.9 Å². The molecule has 0 aliphatic carbocycles. The molecule has 0 fully saturated rings. The van der Waals surface area contributed by atoms with Gasteiger partial charge in [0.1, 0.15) is 0 Å². The first kappa shape index (κ1) is 98.4. The molecule has 113 heavy (non-hydrogen) atoms. The van der Waals surface area contributed by atoms with Gasteiger partial charge in [-0.05, 0) is 137 Å². The Morgan fingerprint density at radius 1 is 0.354 bits per heavy atom. The van der Waals surface area contributed by atoms with Crippen LogP contribution >= 0.6 is 0 Å². The van der Waals surface area contributed by atoms with E-state index < -0.39 is 24.4 Å². The SMILES string of the molecule is CC(C)CNc1nccc(C(C)C)n1.CC(C)COC(=O)N[C@H](C)CNc1nccc(C(C)C)n1.CC(C)OC(=O)N[C@H](C)CNc1nccc(C(C)C)n1.CC(C)c1ccnc(NC[C@@H](C)NC(=O)OCC(C)(C)C)n1.COC(=O)N[C@H](C)CNc1nccc(C(C)C)n1.COc1cc(Nc2nccc(C(C)C)n2)ccn1. The van der Waals surface area contributed by atoms with E-state index in [0.717, 1.165) is 52.3 Å². The number of nitrogens with one attached hydrogen (secondary N) is 10. The number of anilines is 7. The Morgan fingerprint density at radius 3 is 0.938 bits per heavy atom. The minimum Gasteiger partial charge on any atom is -0.481 e. The molecule has 0 spiro atoms. The van der Waals surface area contributed by atoms with Gasteiger partial charge < -0.3 is 76.9 Å². The molecule has 0 unspecified atom stereocenters. The molecule has 0 saturated carbocycles. The molecule has 0 aliphatic heterocycles. The van der Waals surface area contributed by atoms with Crippen molar-refractivity contribution < 1.29 is 42.9 Å². The first-order valence-electron chi connectivity index (χ1n) is 38.9. The molecule has 10 N–H and O–H groups in total. The predicted molar refractivity (Wildman–Crippen MR) is 449 cm³/mol. The molecule has 7 aromatic rings. The summed E-state index contributed by atoms with van der Waals surface area (Å²) in [4.78, 5) is 101. The topological polar surface area (TPSA) is 402 Å². The van der Waals surface area contributed by atoms with E-state index in [1.807, 2.05) is 125 Å². The lowest BCUT2D eigenvalue weighted by Gasteiger charge is -2.20. The highest BCUT2D eigenvalue weighted by Crippen LogP contribution is 2.21. The maximum Gasteiger partial charge on any atom is 0.407 e. The highest BCUT2D eigenvalue weighted by molar-refractivity contribution is 5.69. The zero-order valence-electron chi connectivity index (χ0n) is 72.1. The van der Waals surface area contributed by atoms with Gasteiger partial charge in [0.25, 0.3) is 0 Å². The Labute approximate surface area is 671 Å². The fourth-order valence-corrected chi connectivity index (χ4v) is 8.58. The van der Waals surface area contributed by atoms with Crippen molar-refractivity contribution >= 4 is 65.8 Å². The molecule has 626 valence electrons. The van der Waals surface area contributed by atoms with Gasteiger partial charge in [-0.15, -0.1) is 0 Å². The third-order valence-electron chi connectivity index (χ3n) is 14.9. The summed E-state index contributed by atoms with van der Waals surface area (Å²) in [5.41, 5.74) is 6.86. The fraction of sp³-hybridized carbons (Fsp3) is 0.593. The van der Waals surface area contributed by atoms with Gasteiger partial charge in [0.15, 0.2) is 0 Å². The summed E-state index contributed by atoms with van der Waals surface area (Å²) in [5.74, 6) is 7.36. The molecule has 0 radical (unpaired) electrons. The summed E-state index contributed by atoms with van der Waals surface area (Å²) in [6, 6.07) is 14.8. The molecular weight excluding hydrogens is 1440 g/mol. The molecule has 32 heteroatoms. The maximum atomic E-state index is 11.7. The van der Waals surface area contributed by atoms with Gasteiger partial charge in [0, 0.05) is 146 Å². The van der Waals surface area contributed by atoms with Gasteiger partial charge in [-0.25, -0.2) is 84.0 Å². The normalized spacial score (nSPS) is 11.9. The van der Waals surface area contributed by atoms with Crippen molar-refractivity contribution in [3.8, 4) is 5.88 Å². The summed E-state index contributed by atoms with van der Waals surface area (Å²) in [5, 5.41) is 29.7. The summed E-state index contributed by atoms with van der Waals surface area (Å²) in [6.45, 7) is 54.6. The largest absolute Gasteiger partial charge is 0.481 e. The molecule has 7 heterocycles. The number of alkyl carbamates (subject to hydrolysis) is 4. The number of ether oxygens (including phenoxy) is 5. The zero-order valence-corrected chi connectivity index (χ0v) is 72.1.